The third kappa shape index (κ3) is 2.37. The van der Waals surface area contributed by atoms with E-state index in [9.17, 15) is 0 Å². The van der Waals surface area contributed by atoms with Crippen molar-refractivity contribution in [2.45, 2.75) is 6.42 Å². The SMILES string of the molecule is CN.Cl.Clc1cc2cc(c1)C2. The fourth-order valence-electron chi connectivity index (χ4n) is 1.03. The van der Waals surface area contributed by atoms with Crippen LogP contribution in [0.25, 0.3) is 0 Å². The average Bonchev–Trinajstić information content (AvgIpc) is 1.90. The third-order valence-electron chi connectivity index (χ3n) is 1.43. The Balaban J connectivity index is 0.000000311. The van der Waals surface area contributed by atoms with Crippen molar-refractivity contribution in [3.05, 3.63) is 34.3 Å². The Morgan fingerprint density at radius 2 is 1.55 bits per heavy atom. The first-order valence-electron chi connectivity index (χ1n) is 3.21. The van der Waals surface area contributed by atoms with Crippen LogP contribution in [0.2, 0.25) is 5.02 Å². The molecule has 0 atom stereocenters. The number of benzene rings is 1. The van der Waals surface area contributed by atoms with Crippen LogP contribution in [0.1, 0.15) is 11.1 Å². The number of nitrogens with two attached hydrogens (primary N) is 1. The summed E-state index contributed by atoms with van der Waals surface area (Å²) >= 11 is 5.69. The fourth-order valence-corrected chi connectivity index (χ4v) is 1.31. The topological polar surface area (TPSA) is 26.0 Å². The van der Waals surface area contributed by atoms with Crippen molar-refractivity contribution in [3.8, 4) is 0 Å². The summed E-state index contributed by atoms with van der Waals surface area (Å²) in [5.74, 6) is 0. The lowest BCUT2D eigenvalue weighted by molar-refractivity contribution is 1.09. The van der Waals surface area contributed by atoms with Gasteiger partial charge >= 0.3 is 0 Å². The smallest absolute Gasteiger partial charge is 0.0411 e. The second-order valence-electron chi connectivity index (χ2n) is 2.14. The Hall–Kier alpha value is -0.240. The molecule has 2 aliphatic carbocycles. The zero-order valence-electron chi connectivity index (χ0n) is 6.30. The van der Waals surface area contributed by atoms with Crippen LogP contribution in [-0.2, 0) is 6.42 Å². The number of hydrogen-bond acceptors (Lipinski definition) is 1. The number of rotatable bonds is 0. The molecule has 0 saturated carbocycles. The molecule has 0 spiro atoms. The zero-order valence-corrected chi connectivity index (χ0v) is 7.88. The van der Waals surface area contributed by atoms with Crippen molar-refractivity contribution in [2.24, 2.45) is 5.73 Å². The molecule has 0 aliphatic heterocycles. The molecular weight excluding hydrogens is 181 g/mol. The van der Waals surface area contributed by atoms with Gasteiger partial charge in [-0.15, -0.1) is 12.4 Å². The van der Waals surface area contributed by atoms with Crippen LogP contribution in [0.15, 0.2) is 18.2 Å². The summed E-state index contributed by atoms with van der Waals surface area (Å²) in [5.41, 5.74) is 7.24. The van der Waals surface area contributed by atoms with E-state index >= 15 is 0 Å². The number of hydrogen-bond donors (Lipinski definition) is 1. The maximum absolute atomic E-state index is 5.69. The Kier molecular flexibility index (Phi) is 4.50. The Morgan fingerprint density at radius 3 is 1.73 bits per heavy atom. The molecule has 0 heterocycles. The van der Waals surface area contributed by atoms with E-state index in [0.29, 0.717) is 0 Å². The average molecular weight is 192 g/mol. The molecule has 1 aromatic carbocycles. The predicted molar refractivity (Wildman–Crippen MR) is 51.6 cm³/mol. The molecule has 3 heteroatoms. The van der Waals surface area contributed by atoms with Gasteiger partial charge in [0.2, 0.25) is 0 Å². The summed E-state index contributed by atoms with van der Waals surface area (Å²) in [5, 5.41) is 0.878. The minimum Gasteiger partial charge on any atom is -0.333 e. The summed E-state index contributed by atoms with van der Waals surface area (Å²) in [6.45, 7) is 0. The lowest BCUT2D eigenvalue weighted by Crippen LogP contribution is -1.99. The van der Waals surface area contributed by atoms with Gasteiger partial charge in [-0.05, 0) is 36.7 Å². The van der Waals surface area contributed by atoms with Crippen LogP contribution < -0.4 is 5.73 Å². The van der Waals surface area contributed by atoms with Gasteiger partial charge in [0.25, 0.3) is 0 Å². The van der Waals surface area contributed by atoms with Gasteiger partial charge < -0.3 is 5.73 Å². The van der Waals surface area contributed by atoms with Crippen molar-refractivity contribution in [2.75, 3.05) is 7.05 Å². The van der Waals surface area contributed by atoms with Crippen LogP contribution in [0.3, 0.4) is 0 Å². The molecule has 0 saturated heterocycles. The van der Waals surface area contributed by atoms with E-state index in [2.05, 4.69) is 11.8 Å². The van der Waals surface area contributed by atoms with E-state index in [4.69, 9.17) is 11.6 Å². The van der Waals surface area contributed by atoms with E-state index in [1.165, 1.54) is 18.2 Å². The van der Waals surface area contributed by atoms with E-state index in [1.807, 2.05) is 12.1 Å². The highest BCUT2D eigenvalue weighted by molar-refractivity contribution is 6.30. The van der Waals surface area contributed by atoms with Crippen LogP contribution in [0.4, 0.5) is 0 Å². The lowest BCUT2D eigenvalue weighted by atomic mass is 9.94. The van der Waals surface area contributed by atoms with E-state index in [1.54, 1.807) is 0 Å². The Labute approximate surface area is 78.0 Å². The summed E-state index contributed by atoms with van der Waals surface area (Å²) in [7, 11) is 1.50. The van der Waals surface area contributed by atoms with Gasteiger partial charge in [-0.2, -0.15) is 0 Å². The van der Waals surface area contributed by atoms with E-state index < -0.39 is 0 Å². The quantitative estimate of drug-likeness (QED) is 0.680. The highest BCUT2D eigenvalue weighted by Gasteiger charge is 2.08. The van der Waals surface area contributed by atoms with Crippen molar-refractivity contribution < 1.29 is 0 Å². The van der Waals surface area contributed by atoms with Gasteiger partial charge in [0, 0.05) is 5.02 Å². The van der Waals surface area contributed by atoms with Crippen LogP contribution in [-0.4, -0.2) is 7.05 Å². The molecule has 0 radical (unpaired) electrons. The van der Waals surface area contributed by atoms with Gasteiger partial charge in [-0.3, -0.25) is 0 Å². The molecule has 2 bridgehead atoms. The van der Waals surface area contributed by atoms with Gasteiger partial charge in [-0.1, -0.05) is 17.7 Å². The Morgan fingerprint density at radius 1 is 1.18 bits per heavy atom. The highest BCUT2D eigenvalue weighted by atomic mass is 35.5. The predicted octanol–water partition coefficient (Wildman–Crippen LogP) is 2.24. The molecule has 0 fully saturated rings. The van der Waals surface area contributed by atoms with Crippen LogP contribution in [0.5, 0.6) is 0 Å². The van der Waals surface area contributed by atoms with Crippen molar-refractivity contribution in [3.63, 3.8) is 0 Å². The minimum absolute atomic E-state index is 0. The van der Waals surface area contributed by atoms with Gasteiger partial charge in [-0.25, -0.2) is 0 Å². The first kappa shape index (κ1) is 10.8. The third-order valence-corrected chi connectivity index (χ3v) is 1.64. The molecule has 62 valence electrons. The lowest BCUT2D eigenvalue weighted by Gasteiger charge is -2.13. The summed E-state index contributed by atoms with van der Waals surface area (Å²) < 4.78 is 0. The molecule has 11 heavy (non-hydrogen) atoms. The molecule has 0 amide bonds. The van der Waals surface area contributed by atoms with Gasteiger partial charge in [0.1, 0.15) is 0 Å². The maximum Gasteiger partial charge on any atom is 0.0411 e. The van der Waals surface area contributed by atoms with Gasteiger partial charge in [0.15, 0.2) is 0 Å². The highest BCUT2D eigenvalue weighted by Crippen LogP contribution is 2.25. The molecule has 0 unspecified atom stereocenters. The minimum atomic E-state index is 0. The number of halogens is 2. The molecule has 1 nitrogen and oxygen atoms in total. The summed E-state index contributed by atoms with van der Waals surface area (Å²) in [6.07, 6.45) is 1.14. The summed E-state index contributed by atoms with van der Waals surface area (Å²) in [6, 6.07) is 6.18. The second kappa shape index (κ2) is 4.60. The van der Waals surface area contributed by atoms with Crippen LogP contribution >= 0.6 is 24.0 Å². The second-order valence-corrected chi connectivity index (χ2v) is 2.58. The normalized spacial score (nSPS) is 10.1. The Bertz CT molecular complexity index is 214. The van der Waals surface area contributed by atoms with Gasteiger partial charge in [0.05, 0.1) is 0 Å². The van der Waals surface area contributed by atoms with Crippen molar-refractivity contribution in [1.82, 2.24) is 0 Å². The standard InChI is InChI=1S/C7H5Cl.CH5N.ClH/c8-7-3-5-1-6(2-5)4-7;1-2;/h1,3-4H,2H2;2H2,1H3;1H. The molecule has 3 rings (SSSR count). The largest absolute Gasteiger partial charge is 0.333 e. The molecular formula is C8H11Cl2N. The zero-order chi connectivity index (χ0) is 7.56. The van der Waals surface area contributed by atoms with E-state index in [0.717, 1.165) is 11.4 Å². The first-order chi connectivity index (χ1) is 4.84. The van der Waals surface area contributed by atoms with Crippen LogP contribution in [0, 0.1) is 0 Å². The first-order valence-corrected chi connectivity index (χ1v) is 3.58. The van der Waals surface area contributed by atoms with Crippen molar-refractivity contribution in [1.29, 1.82) is 0 Å². The maximum atomic E-state index is 5.69. The fraction of sp³-hybridized carbons (Fsp3) is 0.250. The van der Waals surface area contributed by atoms with Crippen molar-refractivity contribution >= 4 is 24.0 Å². The summed E-state index contributed by atoms with van der Waals surface area (Å²) in [4.78, 5) is 0. The molecule has 2 N–H and O–H groups in total. The number of fused-ring (bicyclic) bond motifs is 2. The molecule has 2 aliphatic rings. The molecule has 1 aromatic rings. The van der Waals surface area contributed by atoms with E-state index in [-0.39, 0.29) is 12.4 Å². The monoisotopic (exact) mass is 191 g/mol. The molecule has 0 aromatic heterocycles.